The highest BCUT2D eigenvalue weighted by Crippen LogP contribution is 2.25. The zero-order chi connectivity index (χ0) is 14.8. The van der Waals surface area contributed by atoms with Gasteiger partial charge in [0.05, 0.1) is 6.20 Å². The summed E-state index contributed by atoms with van der Waals surface area (Å²) in [6, 6.07) is 5.87. The number of hydrogen-bond donors (Lipinski definition) is 2. The molecule has 1 aromatic heterocycles. The molecule has 6 heteroatoms. The topological polar surface area (TPSA) is 59.0 Å². The van der Waals surface area contributed by atoms with Gasteiger partial charge in [0.25, 0.3) is 5.91 Å². The minimum absolute atomic E-state index is 0. The van der Waals surface area contributed by atoms with Gasteiger partial charge in [-0.3, -0.25) is 9.48 Å². The van der Waals surface area contributed by atoms with Gasteiger partial charge in [-0.2, -0.15) is 5.10 Å². The SMILES string of the molecule is Cc1c(CNC(=O)c2cccc3c2CCCN3)cnn1C.Cl. The molecule has 1 aliphatic heterocycles. The fraction of sp³-hybridized carbons (Fsp3) is 0.375. The van der Waals surface area contributed by atoms with E-state index in [1.165, 1.54) is 0 Å². The molecule has 0 saturated heterocycles. The Kier molecular flexibility index (Phi) is 5.08. The fourth-order valence-corrected chi connectivity index (χ4v) is 2.71. The van der Waals surface area contributed by atoms with E-state index in [0.29, 0.717) is 6.54 Å². The van der Waals surface area contributed by atoms with Crippen molar-refractivity contribution >= 4 is 24.0 Å². The summed E-state index contributed by atoms with van der Waals surface area (Å²) in [4.78, 5) is 12.4. The molecule has 1 aromatic carbocycles. The Morgan fingerprint density at radius 3 is 3.00 bits per heavy atom. The second-order valence-electron chi connectivity index (χ2n) is 5.42. The van der Waals surface area contributed by atoms with Crippen molar-refractivity contribution in [3.05, 3.63) is 46.8 Å². The molecule has 0 unspecified atom stereocenters. The minimum atomic E-state index is -0.0150. The molecule has 22 heavy (non-hydrogen) atoms. The number of fused-ring (bicyclic) bond motifs is 1. The van der Waals surface area contributed by atoms with Crippen LogP contribution in [0.4, 0.5) is 5.69 Å². The fourth-order valence-electron chi connectivity index (χ4n) is 2.71. The zero-order valence-electron chi connectivity index (χ0n) is 12.8. The average Bonchev–Trinajstić information content (AvgIpc) is 2.84. The molecule has 0 aliphatic carbocycles. The normalized spacial score (nSPS) is 12.8. The van der Waals surface area contributed by atoms with E-state index >= 15 is 0 Å². The van der Waals surface area contributed by atoms with Gasteiger partial charge in [-0.1, -0.05) is 6.07 Å². The molecule has 1 amide bonds. The summed E-state index contributed by atoms with van der Waals surface area (Å²) in [5, 5.41) is 10.5. The quantitative estimate of drug-likeness (QED) is 0.913. The highest BCUT2D eigenvalue weighted by atomic mass is 35.5. The number of benzene rings is 1. The number of nitrogens with one attached hydrogen (secondary N) is 2. The Balaban J connectivity index is 0.00000176. The first-order valence-electron chi connectivity index (χ1n) is 7.28. The molecule has 1 aliphatic rings. The molecule has 2 heterocycles. The summed E-state index contributed by atoms with van der Waals surface area (Å²) < 4.78 is 1.82. The number of anilines is 1. The number of carbonyl (C=O) groups is 1. The van der Waals surface area contributed by atoms with Crippen LogP contribution in [-0.2, 0) is 20.0 Å². The Hall–Kier alpha value is -2.01. The van der Waals surface area contributed by atoms with Crippen molar-refractivity contribution in [2.75, 3.05) is 11.9 Å². The van der Waals surface area contributed by atoms with Crippen molar-refractivity contribution in [3.63, 3.8) is 0 Å². The Bertz CT molecular complexity index is 681. The van der Waals surface area contributed by atoms with Gasteiger partial charge in [0.1, 0.15) is 0 Å². The van der Waals surface area contributed by atoms with Crippen molar-refractivity contribution < 1.29 is 4.79 Å². The minimum Gasteiger partial charge on any atom is -0.385 e. The number of aryl methyl sites for hydroxylation is 1. The number of rotatable bonds is 3. The van der Waals surface area contributed by atoms with E-state index in [2.05, 4.69) is 15.7 Å². The molecule has 2 N–H and O–H groups in total. The van der Waals surface area contributed by atoms with Crippen molar-refractivity contribution in [2.45, 2.75) is 26.3 Å². The van der Waals surface area contributed by atoms with Gasteiger partial charge in [-0.25, -0.2) is 0 Å². The zero-order valence-corrected chi connectivity index (χ0v) is 13.7. The highest BCUT2D eigenvalue weighted by molar-refractivity contribution is 5.97. The summed E-state index contributed by atoms with van der Waals surface area (Å²) in [6.07, 6.45) is 3.83. The van der Waals surface area contributed by atoms with Crippen LogP contribution in [0.2, 0.25) is 0 Å². The molecule has 0 atom stereocenters. The predicted octanol–water partition coefficient (Wildman–Crippen LogP) is 2.44. The summed E-state index contributed by atoms with van der Waals surface area (Å²) >= 11 is 0. The third kappa shape index (κ3) is 3.09. The van der Waals surface area contributed by atoms with Crippen LogP contribution in [0.15, 0.2) is 24.4 Å². The predicted molar refractivity (Wildman–Crippen MR) is 89.6 cm³/mol. The molecule has 0 spiro atoms. The molecular formula is C16H21ClN4O. The molecule has 0 bridgehead atoms. The van der Waals surface area contributed by atoms with E-state index in [0.717, 1.165) is 47.5 Å². The first kappa shape index (κ1) is 16.4. The van der Waals surface area contributed by atoms with Crippen LogP contribution in [0.25, 0.3) is 0 Å². The maximum Gasteiger partial charge on any atom is 0.251 e. The number of amides is 1. The Morgan fingerprint density at radius 2 is 2.27 bits per heavy atom. The van der Waals surface area contributed by atoms with Crippen LogP contribution >= 0.6 is 12.4 Å². The lowest BCUT2D eigenvalue weighted by Crippen LogP contribution is -2.25. The smallest absolute Gasteiger partial charge is 0.251 e. The van der Waals surface area contributed by atoms with Crippen LogP contribution < -0.4 is 10.6 Å². The maximum absolute atomic E-state index is 12.4. The molecule has 0 fully saturated rings. The molecular weight excluding hydrogens is 300 g/mol. The van der Waals surface area contributed by atoms with Crippen molar-refractivity contribution in [1.29, 1.82) is 0 Å². The van der Waals surface area contributed by atoms with Gasteiger partial charge in [0.2, 0.25) is 0 Å². The van der Waals surface area contributed by atoms with Crippen LogP contribution in [0, 0.1) is 6.92 Å². The van der Waals surface area contributed by atoms with Gasteiger partial charge in [-0.15, -0.1) is 12.4 Å². The van der Waals surface area contributed by atoms with Crippen LogP contribution in [-0.4, -0.2) is 22.2 Å². The van der Waals surface area contributed by atoms with E-state index in [1.807, 2.05) is 36.9 Å². The first-order chi connectivity index (χ1) is 10.2. The van der Waals surface area contributed by atoms with E-state index < -0.39 is 0 Å². The Labute approximate surface area is 136 Å². The van der Waals surface area contributed by atoms with E-state index in [4.69, 9.17) is 0 Å². The number of aromatic nitrogens is 2. The maximum atomic E-state index is 12.4. The monoisotopic (exact) mass is 320 g/mol. The molecule has 118 valence electrons. The molecule has 0 radical (unpaired) electrons. The third-order valence-electron chi connectivity index (χ3n) is 4.12. The Morgan fingerprint density at radius 1 is 1.45 bits per heavy atom. The third-order valence-corrected chi connectivity index (χ3v) is 4.12. The van der Waals surface area contributed by atoms with Crippen molar-refractivity contribution in [1.82, 2.24) is 15.1 Å². The van der Waals surface area contributed by atoms with Gasteiger partial charge in [0.15, 0.2) is 0 Å². The van der Waals surface area contributed by atoms with Crippen molar-refractivity contribution in [3.8, 4) is 0 Å². The number of hydrogen-bond acceptors (Lipinski definition) is 3. The lowest BCUT2D eigenvalue weighted by molar-refractivity contribution is 0.0950. The van der Waals surface area contributed by atoms with Gasteiger partial charge in [-0.05, 0) is 37.5 Å². The number of halogens is 1. The standard InChI is InChI=1S/C16H20N4O.ClH/c1-11-12(10-19-20(11)2)9-18-16(21)14-5-3-7-15-13(14)6-4-8-17-15;/h3,5,7,10,17H,4,6,8-9H2,1-2H3,(H,18,21);1H. The number of nitrogens with zero attached hydrogens (tertiary/aromatic N) is 2. The highest BCUT2D eigenvalue weighted by Gasteiger charge is 2.17. The lowest BCUT2D eigenvalue weighted by Gasteiger charge is -2.20. The van der Waals surface area contributed by atoms with E-state index in [9.17, 15) is 4.79 Å². The molecule has 5 nitrogen and oxygen atoms in total. The average molecular weight is 321 g/mol. The second-order valence-corrected chi connectivity index (χ2v) is 5.42. The molecule has 0 saturated carbocycles. The number of carbonyl (C=O) groups excluding carboxylic acids is 1. The molecule has 2 aromatic rings. The summed E-state index contributed by atoms with van der Waals surface area (Å²) in [6.45, 7) is 3.49. The van der Waals surface area contributed by atoms with Gasteiger partial charge >= 0.3 is 0 Å². The van der Waals surface area contributed by atoms with Crippen LogP contribution in [0.1, 0.15) is 33.6 Å². The van der Waals surface area contributed by atoms with Crippen molar-refractivity contribution in [2.24, 2.45) is 7.05 Å². The van der Waals surface area contributed by atoms with Crippen LogP contribution in [0.3, 0.4) is 0 Å². The summed E-state index contributed by atoms with van der Waals surface area (Å²) in [5.41, 5.74) is 5.12. The van der Waals surface area contributed by atoms with Gasteiger partial charge in [0, 0.05) is 42.6 Å². The summed E-state index contributed by atoms with van der Waals surface area (Å²) in [5.74, 6) is -0.0150. The lowest BCUT2D eigenvalue weighted by atomic mass is 9.97. The second kappa shape index (κ2) is 6.83. The van der Waals surface area contributed by atoms with E-state index in [1.54, 1.807) is 6.20 Å². The van der Waals surface area contributed by atoms with E-state index in [-0.39, 0.29) is 18.3 Å². The van der Waals surface area contributed by atoms with Gasteiger partial charge < -0.3 is 10.6 Å². The largest absolute Gasteiger partial charge is 0.385 e. The van der Waals surface area contributed by atoms with Crippen LogP contribution in [0.5, 0.6) is 0 Å². The molecule has 3 rings (SSSR count). The summed E-state index contributed by atoms with van der Waals surface area (Å²) in [7, 11) is 1.90. The first-order valence-corrected chi connectivity index (χ1v) is 7.28.